The monoisotopic (exact) mass is 502 g/mol. The molecule has 36 heavy (non-hydrogen) atoms. The van der Waals surface area contributed by atoms with Crippen molar-refractivity contribution >= 4 is 5.97 Å². The van der Waals surface area contributed by atoms with E-state index in [1.165, 1.54) is 76.2 Å². The molecular weight excluding hydrogens is 444 g/mol. The highest BCUT2D eigenvalue weighted by molar-refractivity contribution is 5.69. The summed E-state index contributed by atoms with van der Waals surface area (Å²) < 4.78 is 5.50. The number of unbranched alkanes of at least 4 members (excludes halogenated alkanes) is 12. The summed E-state index contributed by atoms with van der Waals surface area (Å²) in [5.74, 6) is 0.359. The van der Waals surface area contributed by atoms with E-state index in [0.717, 1.165) is 36.8 Å². The van der Waals surface area contributed by atoms with E-state index in [0.29, 0.717) is 18.8 Å². The first kappa shape index (κ1) is 32.5. The van der Waals surface area contributed by atoms with Gasteiger partial charge in [-0.3, -0.25) is 4.79 Å². The average Bonchev–Trinajstić information content (AvgIpc) is 2.79. The number of hydrogen-bond acceptors (Lipinski definition) is 3. The molecule has 0 saturated carbocycles. The first-order valence-electron chi connectivity index (χ1n) is 15.0. The average molecular weight is 503 g/mol. The van der Waals surface area contributed by atoms with Crippen LogP contribution in [0.2, 0.25) is 0 Å². The van der Waals surface area contributed by atoms with Crippen molar-refractivity contribution in [2.45, 2.75) is 162 Å². The van der Waals surface area contributed by atoms with Crippen LogP contribution in [0.4, 0.5) is 0 Å². The van der Waals surface area contributed by atoms with E-state index in [1.54, 1.807) is 0 Å². The zero-order chi connectivity index (χ0) is 27.0. The van der Waals surface area contributed by atoms with Crippen molar-refractivity contribution in [3.8, 4) is 5.75 Å². The molecule has 0 fully saturated rings. The number of aryl methyl sites for hydroxylation is 1. The fourth-order valence-electron chi connectivity index (χ4n) is 4.80. The lowest BCUT2D eigenvalue weighted by atomic mass is 9.78. The van der Waals surface area contributed by atoms with Gasteiger partial charge in [-0.15, -0.1) is 0 Å². The van der Waals surface area contributed by atoms with E-state index in [9.17, 15) is 9.90 Å². The number of hydrogen-bond donors (Lipinski definition) is 1. The molecule has 0 atom stereocenters. The summed E-state index contributed by atoms with van der Waals surface area (Å²) in [5.41, 5.74) is 2.94. The molecule has 0 spiro atoms. The van der Waals surface area contributed by atoms with Gasteiger partial charge in [0.05, 0.1) is 6.61 Å². The second-order valence-corrected chi connectivity index (χ2v) is 12.9. The van der Waals surface area contributed by atoms with E-state index < -0.39 is 0 Å². The lowest BCUT2D eigenvalue weighted by Crippen LogP contribution is -2.18. The summed E-state index contributed by atoms with van der Waals surface area (Å²) in [6, 6.07) is 4.25. The molecule has 0 saturated heterocycles. The highest BCUT2D eigenvalue weighted by Crippen LogP contribution is 2.40. The van der Waals surface area contributed by atoms with Crippen LogP contribution in [0, 0.1) is 0 Å². The van der Waals surface area contributed by atoms with Gasteiger partial charge in [-0.2, -0.15) is 0 Å². The Bertz CT molecular complexity index is 701. The first-order valence-corrected chi connectivity index (χ1v) is 15.0. The van der Waals surface area contributed by atoms with Gasteiger partial charge in [0.15, 0.2) is 0 Å². The molecule has 1 aromatic rings. The Hall–Kier alpha value is -1.51. The fourth-order valence-corrected chi connectivity index (χ4v) is 4.80. The predicted octanol–water partition coefficient (Wildman–Crippen LogP) is 9.94. The molecule has 0 aliphatic rings. The number of phenols is 1. The summed E-state index contributed by atoms with van der Waals surface area (Å²) in [5, 5.41) is 10.9. The third kappa shape index (κ3) is 13.7. The Balaban J connectivity index is 2.20. The van der Waals surface area contributed by atoms with Crippen LogP contribution in [-0.2, 0) is 26.8 Å². The molecule has 1 aromatic carbocycles. The molecule has 0 aromatic heterocycles. The van der Waals surface area contributed by atoms with Crippen LogP contribution in [0.1, 0.15) is 161 Å². The molecule has 0 aliphatic carbocycles. The lowest BCUT2D eigenvalue weighted by molar-refractivity contribution is -0.143. The van der Waals surface area contributed by atoms with Gasteiger partial charge in [-0.25, -0.2) is 0 Å². The Morgan fingerprint density at radius 3 is 1.53 bits per heavy atom. The number of ether oxygens (including phenoxy) is 1. The van der Waals surface area contributed by atoms with Crippen molar-refractivity contribution in [3.63, 3.8) is 0 Å². The van der Waals surface area contributed by atoms with E-state index in [-0.39, 0.29) is 16.8 Å². The summed E-state index contributed by atoms with van der Waals surface area (Å²) in [6.45, 7) is 15.6. The van der Waals surface area contributed by atoms with E-state index in [4.69, 9.17) is 4.74 Å². The van der Waals surface area contributed by atoms with E-state index in [1.807, 2.05) is 0 Å². The molecular formula is C33H58O3. The number of carbonyl (C=O) groups excluding carboxylic acids is 1. The van der Waals surface area contributed by atoms with Crippen molar-refractivity contribution in [2.75, 3.05) is 6.61 Å². The molecule has 0 radical (unpaired) electrons. The standard InChI is InChI=1S/C33H58O3/c1-8-9-10-11-12-13-14-15-16-17-18-19-20-23-30(34)36-24-21-22-27-25-28(32(2,3)4)31(35)29(26-27)33(5,6)7/h25-26,35H,8-24H2,1-7H3. The molecule has 208 valence electrons. The van der Waals surface area contributed by atoms with Crippen molar-refractivity contribution < 1.29 is 14.6 Å². The highest BCUT2D eigenvalue weighted by Gasteiger charge is 2.26. The second kappa shape index (κ2) is 17.1. The smallest absolute Gasteiger partial charge is 0.305 e. The lowest BCUT2D eigenvalue weighted by Gasteiger charge is -2.28. The Morgan fingerprint density at radius 2 is 1.11 bits per heavy atom. The molecule has 0 amide bonds. The maximum atomic E-state index is 12.1. The highest BCUT2D eigenvalue weighted by atomic mass is 16.5. The quantitative estimate of drug-likeness (QED) is 0.160. The zero-order valence-corrected chi connectivity index (χ0v) is 24.9. The third-order valence-corrected chi connectivity index (χ3v) is 7.14. The molecule has 0 aliphatic heterocycles. The topological polar surface area (TPSA) is 46.5 Å². The van der Waals surface area contributed by atoms with Crippen molar-refractivity contribution in [3.05, 3.63) is 28.8 Å². The molecule has 0 heterocycles. The summed E-state index contributed by atoms with van der Waals surface area (Å²) in [6.07, 6.45) is 19.2. The van der Waals surface area contributed by atoms with Gasteiger partial charge in [0, 0.05) is 6.42 Å². The van der Waals surface area contributed by atoms with E-state index in [2.05, 4.69) is 60.6 Å². The van der Waals surface area contributed by atoms with Crippen LogP contribution in [0.15, 0.2) is 12.1 Å². The van der Waals surface area contributed by atoms with Gasteiger partial charge < -0.3 is 9.84 Å². The summed E-state index contributed by atoms with van der Waals surface area (Å²) in [4.78, 5) is 12.1. The van der Waals surface area contributed by atoms with Crippen LogP contribution in [0.25, 0.3) is 0 Å². The van der Waals surface area contributed by atoms with Gasteiger partial charge in [-0.05, 0) is 46.8 Å². The van der Waals surface area contributed by atoms with Crippen LogP contribution in [0.3, 0.4) is 0 Å². The minimum Gasteiger partial charge on any atom is -0.507 e. The maximum absolute atomic E-state index is 12.1. The number of carbonyl (C=O) groups is 1. The second-order valence-electron chi connectivity index (χ2n) is 12.9. The number of benzene rings is 1. The van der Waals surface area contributed by atoms with E-state index >= 15 is 0 Å². The first-order chi connectivity index (χ1) is 17.0. The third-order valence-electron chi connectivity index (χ3n) is 7.14. The Labute approximate surface area is 223 Å². The molecule has 1 N–H and O–H groups in total. The molecule has 0 bridgehead atoms. The number of aromatic hydroxyl groups is 1. The van der Waals surface area contributed by atoms with Gasteiger partial charge in [0.2, 0.25) is 0 Å². The molecule has 3 heteroatoms. The van der Waals surface area contributed by atoms with Crippen LogP contribution in [0.5, 0.6) is 5.75 Å². The van der Waals surface area contributed by atoms with Gasteiger partial charge in [0.1, 0.15) is 5.75 Å². The number of esters is 1. The van der Waals surface area contributed by atoms with Crippen LogP contribution < -0.4 is 0 Å². The number of rotatable bonds is 18. The minimum atomic E-state index is -0.125. The molecule has 0 unspecified atom stereocenters. The van der Waals surface area contributed by atoms with Gasteiger partial charge in [0.25, 0.3) is 0 Å². The maximum Gasteiger partial charge on any atom is 0.305 e. The summed E-state index contributed by atoms with van der Waals surface area (Å²) >= 11 is 0. The molecule has 1 rings (SSSR count). The fraction of sp³-hybridized carbons (Fsp3) is 0.788. The predicted molar refractivity (Wildman–Crippen MR) is 155 cm³/mol. The number of phenolic OH excluding ortho intramolecular Hbond substituents is 1. The van der Waals surface area contributed by atoms with Gasteiger partial charge in [-0.1, -0.05) is 138 Å². The van der Waals surface area contributed by atoms with Crippen LogP contribution in [-0.4, -0.2) is 17.7 Å². The van der Waals surface area contributed by atoms with Crippen molar-refractivity contribution in [1.29, 1.82) is 0 Å². The molecule has 3 nitrogen and oxygen atoms in total. The Kier molecular flexibility index (Phi) is 15.4. The largest absolute Gasteiger partial charge is 0.507 e. The van der Waals surface area contributed by atoms with Crippen LogP contribution >= 0.6 is 0 Å². The van der Waals surface area contributed by atoms with Crippen molar-refractivity contribution in [1.82, 2.24) is 0 Å². The SMILES string of the molecule is CCCCCCCCCCCCCCCC(=O)OCCCc1cc(C(C)(C)C)c(O)c(C(C)(C)C)c1. The van der Waals surface area contributed by atoms with Crippen molar-refractivity contribution in [2.24, 2.45) is 0 Å². The summed E-state index contributed by atoms with van der Waals surface area (Å²) in [7, 11) is 0. The Morgan fingerprint density at radius 1 is 0.694 bits per heavy atom. The van der Waals surface area contributed by atoms with Gasteiger partial charge >= 0.3 is 5.97 Å². The normalized spacial score (nSPS) is 12.2. The zero-order valence-electron chi connectivity index (χ0n) is 24.9. The minimum absolute atomic E-state index is 0.0606.